The minimum absolute atomic E-state index is 0.00785. The van der Waals surface area contributed by atoms with Gasteiger partial charge in [-0.3, -0.25) is 9.59 Å². The Balaban J connectivity index is 1.77. The minimum Gasteiger partial charge on any atom is -0.356 e. The van der Waals surface area contributed by atoms with Crippen LogP contribution < -0.4 is 5.32 Å². The summed E-state index contributed by atoms with van der Waals surface area (Å²) >= 11 is 1.69. The van der Waals surface area contributed by atoms with Crippen molar-refractivity contribution in [1.29, 1.82) is 0 Å². The molecule has 3 rings (SSSR count). The molecule has 0 aliphatic heterocycles. The summed E-state index contributed by atoms with van der Waals surface area (Å²) in [6.45, 7) is 2.64. The number of aryl methyl sites for hydroxylation is 1. The molecule has 0 aromatic carbocycles. The van der Waals surface area contributed by atoms with Crippen LogP contribution >= 0.6 is 11.3 Å². The molecule has 1 N–H and O–H groups in total. The average Bonchev–Trinajstić information content (AvgIpc) is 3.19. The van der Waals surface area contributed by atoms with Crippen molar-refractivity contribution in [3.63, 3.8) is 0 Å². The predicted molar refractivity (Wildman–Crippen MR) is 80.1 cm³/mol. The third-order valence-electron chi connectivity index (χ3n) is 4.20. The van der Waals surface area contributed by atoms with Gasteiger partial charge < -0.3 is 5.32 Å². The van der Waals surface area contributed by atoms with Crippen molar-refractivity contribution in [2.75, 3.05) is 6.54 Å². The standard InChI is InChI=1S/C16H21NO2S/c1-2-17-16(19)13-5-3-4-11-8-12(20-15(11)13)9-14(18)10-6-7-10/h8,10,13H,2-7,9H2,1H3,(H,17,19). The van der Waals surface area contributed by atoms with Crippen molar-refractivity contribution >= 4 is 23.0 Å². The molecule has 1 saturated carbocycles. The monoisotopic (exact) mass is 291 g/mol. The van der Waals surface area contributed by atoms with Crippen LogP contribution in [0.2, 0.25) is 0 Å². The summed E-state index contributed by atoms with van der Waals surface area (Å²) in [7, 11) is 0. The van der Waals surface area contributed by atoms with Gasteiger partial charge in [0, 0.05) is 28.6 Å². The van der Waals surface area contributed by atoms with Gasteiger partial charge in [-0.25, -0.2) is 0 Å². The van der Waals surface area contributed by atoms with Gasteiger partial charge in [0.25, 0.3) is 0 Å². The summed E-state index contributed by atoms with van der Waals surface area (Å²) in [4.78, 5) is 26.4. The lowest BCUT2D eigenvalue weighted by Crippen LogP contribution is -2.30. The normalized spacial score (nSPS) is 21.4. The molecule has 0 radical (unpaired) electrons. The summed E-state index contributed by atoms with van der Waals surface area (Å²) in [6, 6.07) is 2.17. The van der Waals surface area contributed by atoms with Crippen molar-refractivity contribution in [2.45, 2.75) is 51.4 Å². The summed E-state index contributed by atoms with van der Waals surface area (Å²) in [6.07, 6.45) is 5.79. The van der Waals surface area contributed by atoms with Crippen LogP contribution in [-0.2, 0) is 22.4 Å². The number of amides is 1. The van der Waals surface area contributed by atoms with E-state index in [1.54, 1.807) is 11.3 Å². The van der Waals surface area contributed by atoms with E-state index in [1.165, 1.54) is 10.4 Å². The van der Waals surface area contributed by atoms with E-state index in [-0.39, 0.29) is 11.8 Å². The van der Waals surface area contributed by atoms with Gasteiger partial charge in [0.1, 0.15) is 5.78 Å². The second kappa shape index (κ2) is 5.68. The van der Waals surface area contributed by atoms with Crippen LogP contribution in [0.1, 0.15) is 53.8 Å². The first kappa shape index (κ1) is 13.8. The van der Waals surface area contributed by atoms with Crippen molar-refractivity contribution < 1.29 is 9.59 Å². The van der Waals surface area contributed by atoms with E-state index in [0.29, 0.717) is 24.7 Å². The molecule has 3 nitrogen and oxygen atoms in total. The average molecular weight is 291 g/mol. The molecule has 0 saturated heterocycles. The molecule has 0 bridgehead atoms. The maximum atomic E-state index is 12.1. The Bertz CT molecular complexity index is 531. The Morgan fingerprint density at radius 1 is 1.35 bits per heavy atom. The van der Waals surface area contributed by atoms with Crippen LogP contribution in [-0.4, -0.2) is 18.2 Å². The van der Waals surface area contributed by atoms with Crippen LogP contribution in [0.25, 0.3) is 0 Å². The minimum atomic E-state index is 0.00785. The maximum Gasteiger partial charge on any atom is 0.228 e. The number of carbonyl (C=O) groups excluding carboxylic acids is 2. The summed E-state index contributed by atoms with van der Waals surface area (Å²) < 4.78 is 0. The molecule has 1 aromatic rings. The van der Waals surface area contributed by atoms with E-state index in [4.69, 9.17) is 0 Å². The Morgan fingerprint density at radius 2 is 2.15 bits per heavy atom. The van der Waals surface area contributed by atoms with E-state index in [9.17, 15) is 9.59 Å². The molecule has 1 heterocycles. The molecular formula is C16H21NO2S. The number of nitrogens with one attached hydrogen (secondary N) is 1. The van der Waals surface area contributed by atoms with Gasteiger partial charge in [0.05, 0.1) is 5.92 Å². The van der Waals surface area contributed by atoms with E-state index in [0.717, 1.165) is 37.0 Å². The largest absolute Gasteiger partial charge is 0.356 e. The van der Waals surface area contributed by atoms with Crippen molar-refractivity contribution in [2.24, 2.45) is 5.92 Å². The van der Waals surface area contributed by atoms with E-state index >= 15 is 0 Å². The second-order valence-corrected chi connectivity index (χ2v) is 7.03. The van der Waals surface area contributed by atoms with Gasteiger partial charge in [0.2, 0.25) is 5.91 Å². The quantitative estimate of drug-likeness (QED) is 0.906. The summed E-state index contributed by atoms with van der Waals surface area (Å²) in [5.41, 5.74) is 1.30. The molecule has 0 spiro atoms. The highest BCUT2D eigenvalue weighted by atomic mass is 32.1. The first-order chi connectivity index (χ1) is 9.69. The molecule has 1 fully saturated rings. The Kier molecular flexibility index (Phi) is 3.92. The molecule has 2 aliphatic rings. The van der Waals surface area contributed by atoms with E-state index in [1.807, 2.05) is 6.92 Å². The third kappa shape index (κ3) is 2.80. The number of ketones is 1. The fraction of sp³-hybridized carbons (Fsp3) is 0.625. The number of hydrogen-bond donors (Lipinski definition) is 1. The lowest BCUT2D eigenvalue weighted by molar-refractivity contribution is -0.122. The number of thiophene rings is 1. The van der Waals surface area contributed by atoms with E-state index < -0.39 is 0 Å². The zero-order chi connectivity index (χ0) is 14.1. The first-order valence-corrected chi connectivity index (χ1v) is 8.42. The third-order valence-corrected chi connectivity index (χ3v) is 5.49. The van der Waals surface area contributed by atoms with Crippen LogP contribution in [0.3, 0.4) is 0 Å². The van der Waals surface area contributed by atoms with Gasteiger partial charge in [-0.2, -0.15) is 0 Å². The Labute approximate surface area is 123 Å². The highest BCUT2D eigenvalue weighted by Gasteiger charge is 2.32. The molecule has 108 valence electrons. The van der Waals surface area contributed by atoms with Gasteiger partial charge in [-0.15, -0.1) is 11.3 Å². The zero-order valence-electron chi connectivity index (χ0n) is 11.9. The Hall–Kier alpha value is -1.16. The number of carbonyl (C=O) groups is 2. The van der Waals surface area contributed by atoms with Crippen molar-refractivity contribution in [3.05, 3.63) is 21.4 Å². The number of hydrogen-bond acceptors (Lipinski definition) is 3. The van der Waals surface area contributed by atoms with Crippen LogP contribution in [0.4, 0.5) is 0 Å². The molecular weight excluding hydrogens is 270 g/mol. The van der Waals surface area contributed by atoms with Crippen molar-refractivity contribution in [1.82, 2.24) is 5.32 Å². The van der Waals surface area contributed by atoms with Crippen LogP contribution in [0.5, 0.6) is 0 Å². The summed E-state index contributed by atoms with van der Waals surface area (Å²) in [5, 5.41) is 2.94. The lowest BCUT2D eigenvalue weighted by Gasteiger charge is -2.21. The smallest absolute Gasteiger partial charge is 0.228 e. The second-order valence-electron chi connectivity index (χ2n) is 5.86. The number of rotatable bonds is 5. The van der Waals surface area contributed by atoms with Crippen LogP contribution in [0.15, 0.2) is 6.07 Å². The highest BCUT2D eigenvalue weighted by Crippen LogP contribution is 2.39. The predicted octanol–water partition coefficient (Wildman–Crippen LogP) is 2.83. The lowest BCUT2D eigenvalue weighted by atomic mass is 9.88. The van der Waals surface area contributed by atoms with Gasteiger partial charge in [0.15, 0.2) is 0 Å². The molecule has 1 atom stereocenters. The molecule has 4 heteroatoms. The van der Waals surface area contributed by atoms with E-state index in [2.05, 4.69) is 11.4 Å². The first-order valence-electron chi connectivity index (χ1n) is 7.61. The van der Waals surface area contributed by atoms with Gasteiger partial charge in [-0.05, 0) is 50.7 Å². The molecule has 20 heavy (non-hydrogen) atoms. The molecule has 1 aromatic heterocycles. The SMILES string of the molecule is CCNC(=O)C1CCCc2cc(CC(=O)C3CC3)sc21. The topological polar surface area (TPSA) is 46.2 Å². The molecule has 1 unspecified atom stereocenters. The van der Waals surface area contributed by atoms with Crippen LogP contribution in [0, 0.1) is 5.92 Å². The summed E-state index contributed by atoms with van der Waals surface area (Å²) in [5.74, 6) is 0.871. The molecule has 2 aliphatic carbocycles. The van der Waals surface area contributed by atoms with Gasteiger partial charge in [-0.1, -0.05) is 0 Å². The van der Waals surface area contributed by atoms with Gasteiger partial charge >= 0.3 is 0 Å². The molecule has 1 amide bonds. The fourth-order valence-corrected chi connectivity index (χ4v) is 4.33. The zero-order valence-corrected chi connectivity index (χ0v) is 12.7. The fourth-order valence-electron chi connectivity index (χ4n) is 2.98. The Morgan fingerprint density at radius 3 is 2.85 bits per heavy atom. The maximum absolute atomic E-state index is 12.1. The highest BCUT2D eigenvalue weighted by molar-refractivity contribution is 7.12. The van der Waals surface area contributed by atoms with Crippen molar-refractivity contribution in [3.8, 4) is 0 Å². The number of Topliss-reactive ketones (excluding diaryl/α,β-unsaturated/α-hetero) is 1. The number of fused-ring (bicyclic) bond motifs is 1. The number of likely N-dealkylation sites (N-methyl/N-ethyl adjacent to an activating group) is 1.